The van der Waals surface area contributed by atoms with Crippen LogP contribution in [0.5, 0.6) is 17.2 Å². The van der Waals surface area contributed by atoms with Crippen LogP contribution in [0.4, 0.5) is 0 Å². The number of carbonyl (C=O) groups excluding carboxylic acids is 1. The number of fused-ring (bicyclic) bond motifs is 1. The maximum absolute atomic E-state index is 12.5. The fourth-order valence-electron chi connectivity index (χ4n) is 3.44. The van der Waals surface area contributed by atoms with Crippen LogP contribution in [0.1, 0.15) is 18.1 Å². The molecule has 4 aromatic carbocycles. The molecule has 0 saturated carbocycles. The number of nitrogens with one attached hydrogen (secondary N) is 1. The number of carbonyl (C=O) groups is 1. The van der Waals surface area contributed by atoms with Crippen molar-refractivity contribution in [3.8, 4) is 17.2 Å². The summed E-state index contributed by atoms with van der Waals surface area (Å²) in [5.74, 6) is 1.74. The summed E-state index contributed by atoms with van der Waals surface area (Å²) in [6.45, 7) is 2.07. The Balaban J connectivity index is 1.36. The van der Waals surface area contributed by atoms with Gasteiger partial charge in [-0.15, -0.1) is 0 Å². The number of methoxy groups -OCH3 is 1. The standard InChI is InChI=1S/C28H26N2O4/c1-20(34-27-16-8-12-22-10-3-5-14-25(22)27)28(31)30-29-18-23-11-4-6-15-26(23)33-19-21-9-7-13-24(17-21)32-2/h3-18,20H,19H2,1-2H3,(H,30,31)/b29-18+. The molecule has 0 bridgehead atoms. The number of hydrogen-bond donors (Lipinski definition) is 1. The van der Waals surface area contributed by atoms with Crippen molar-refractivity contribution >= 4 is 22.9 Å². The van der Waals surface area contributed by atoms with E-state index in [9.17, 15) is 4.79 Å². The minimum Gasteiger partial charge on any atom is -0.497 e. The van der Waals surface area contributed by atoms with E-state index in [2.05, 4.69) is 10.5 Å². The highest BCUT2D eigenvalue weighted by molar-refractivity contribution is 5.89. The Kier molecular flexibility index (Phi) is 7.40. The van der Waals surface area contributed by atoms with Gasteiger partial charge in [0.15, 0.2) is 6.10 Å². The largest absolute Gasteiger partial charge is 0.497 e. The number of para-hydroxylation sites is 1. The van der Waals surface area contributed by atoms with Gasteiger partial charge in [-0.05, 0) is 48.2 Å². The Morgan fingerprint density at radius 1 is 0.941 bits per heavy atom. The van der Waals surface area contributed by atoms with E-state index in [-0.39, 0.29) is 5.91 Å². The van der Waals surface area contributed by atoms with E-state index in [4.69, 9.17) is 14.2 Å². The van der Waals surface area contributed by atoms with Crippen molar-refractivity contribution in [3.63, 3.8) is 0 Å². The zero-order valence-corrected chi connectivity index (χ0v) is 19.1. The first kappa shape index (κ1) is 22.9. The average molecular weight is 455 g/mol. The first-order valence-electron chi connectivity index (χ1n) is 11.0. The van der Waals surface area contributed by atoms with Gasteiger partial charge in [-0.25, -0.2) is 5.43 Å². The number of benzene rings is 4. The fourth-order valence-corrected chi connectivity index (χ4v) is 3.44. The summed E-state index contributed by atoms with van der Waals surface area (Å²) in [4.78, 5) is 12.5. The summed E-state index contributed by atoms with van der Waals surface area (Å²) in [6.07, 6.45) is 0.839. The van der Waals surface area contributed by atoms with Gasteiger partial charge in [0.05, 0.1) is 13.3 Å². The zero-order valence-electron chi connectivity index (χ0n) is 19.1. The molecule has 1 amide bonds. The molecule has 0 fully saturated rings. The highest BCUT2D eigenvalue weighted by Crippen LogP contribution is 2.26. The quantitative estimate of drug-likeness (QED) is 0.274. The second kappa shape index (κ2) is 11.0. The molecule has 1 N–H and O–H groups in total. The minimum atomic E-state index is -0.720. The number of ether oxygens (including phenoxy) is 3. The Morgan fingerprint density at radius 2 is 1.68 bits per heavy atom. The van der Waals surface area contributed by atoms with Gasteiger partial charge in [-0.3, -0.25) is 4.79 Å². The molecule has 1 unspecified atom stereocenters. The summed E-state index contributed by atoms with van der Waals surface area (Å²) in [7, 11) is 1.63. The molecule has 0 aliphatic rings. The molecule has 4 aromatic rings. The first-order valence-corrected chi connectivity index (χ1v) is 11.0. The predicted molar refractivity (Wildman–Crippen MR) is 134 cm³/mol. The molecule has 0 aromatic heterocycles. The van der Waals surface area contributed by atoms with Gasteiger partial charge < -0.3 is 14.2 Å². The van der Waals surface area contributed by atoms with Crippen molar-refractivity contribution in [3.05, 3.63) is 102 Å². The van der Waals surface area contributed by atoms with Crippen molar-refractivity contribution in [2.45, 2.75) is 19.6 Å². The van der Waals surface area contributed by atoms with Gasteiger partial charge in [0, 0.05) is 10.9 Å². The van der Waals surface area contributed by atoms with Gasteiger partial charge in [0.25, 0.3) is 5.91 Å². The van der Waals surface area contributed by atoms with E-state index in [0.717, 1.165) is 27.6 Å². The molecule has 4 rings (SSSR count). The van der Waals surface area contributed by atoms with Crippen LogP contribution in [0.25, 0.3) is 10.8 Å². The van der Waals surface area contributed by atoms with Crippen molar-refractivity contribution < 1.29 is 19.0 Å². The van der Waals surface area contributed by atoms with E-state index in [1.54, 1.807) is 20.2 Å². The number of amides is 1. The van der Waals surface area contributed by atoms with E-state index in [1.807, 2.05) is 91.0 Å². The van der Waals surface area contributed by atoms with E-state index in [0.29, 0.717) is 18.1 Å². The second-order valence-electron chi connectivity index (χ2n) is 7.65. The SMILES string of the molecule is COc1cccc(COc2ccccc2/C=N/NC(=O)C(C)Oc2cccc3ccccc23)c1. The molecule has 34 heavy (non-hydrogen) atoms. The third-order valence-corrected chi connectivity index (χ3v) is 5.25. The van der Waals surface area contributed by atoms with Crippen LogP contribution in [0.2, 0.25) is 0 Å². The third kappa shape index (κ3) is 5.72. The number of rotatable bonds is 9. The van der Waals surface area contributed by atoms with Gasteiger partial charge in [-0.1, -0.05) is 60.7 Å². The monoisotopic (exact) mass is 454 g/mol. The topological polar surface area (TPSA) is 69.2 Å². The van der Waals surface area contributed by atoms with E-state index < -0.39 is 6.10 Å². The lowest BCUT2D eigenvalue weighted by atomic mass is 10.1. The number of hydrogen-bond acceptors (Lipinski definition) is 5. The lowest BCUT2D eigenvalue weighted by molar-refractivity contribution is -0.127. The highest BCUT2D eigenvalue weighted by atomic mass is 16.5. The number of nitrogens with zero attached hydrogens (tertiary/aromatic N) is 1. The minimum absolute atomic E-state index is 0.348. The molecule has 6 heteroatoms. The Bertz CT molecular complexity index is 1300. The van der Waals surface area contributed by atoms with Crippen LogP contribution in [-0.4, -0.2) is 25.3 Å². The van der Waals surface area contributed by atoms with E-state index >= 15 is 0 Å². The normalized spacial score (nSPS) is 11.8. The fraction of sp³-hybridized carbons (Fsp3) is 0.143. The summed E-state index contributed by atoms with van der Waals surface area (Å²) in [5.41, 5.74) is 4.28. The summed E-state index contributed by atoms with van der Waals surface area (Å²) >= 11 is 0. The predicted octanol–water partition coefficient (Wildman–Crippen LogP) is 5.35. The molecule has 0 aliphatic heterocycles. The van der Waals surface area contributed by atoms with Crippen molar-refractivity contribution in [2.75, 3.05) is 7.11 Å². The Morgan fingerprint density at radius 3 is 2.56 bits per heavy atom. The lowest BCUT2D eigenvalue weighted by Crippen LogP contribution is -2.33. The van der Waals surface area contributed by atoms with Crippen LogP contribution in [0.15, 0.2) is 96.1 Å². The smallest absolute Gasteiger partial charge is 0.280 e. The van der Waals surface area contributed by atoms with Gasteiger partial charge in [0.2, 0.25) is 0 Å². The van der Waals surface area contributed by atoms with Crippen molar-refractivity contribution in [1.29, 1.82) is 0 Å². The molecule has 0 aliphatic carbocycles. The van der Waals surface area contributed by atoms with Crippen LogP contribution >= 0.6 is 0 Å². The van der Waals surface area contributed by atoms with Crippen LogP contribution in [0, 0.1) is 0 Å². The zero-order chi connectivity index (χ0) is 23.8. The van der Waals surface area contributed by atoms with Gasteiger partial charge >= 0.3 is 0 Å². The second-order valence-corrected chi connectivity index (χ2v) is 7.65. The van der Waals surface area contributed by atoms with Crippen LogP contribution in [-0.2, 0) is 11.4 Å². The molecular weight excluding hydrogens is 428 g/mol. The Hall–Kier alpha value is -4.32. The maximum atomic E-state index is 12.5. The summed E-state index contributed by atoms with van der Waals surface area (Å²) in [5, 5.41) is 6.11. The average Bonchev–Trinajstić information content (AvgIpc) is 2.88. The first-order chi connectivity index (χ1) is 16.6. The molecule has 0 heterocycles. The van der Waals surface area contributed by atoms with Crippen LogP contribution in [0.3, 0.4) is 0 Å². The van der Waals surface area contributed by atoms with Gasteiger partial charge in [-0.2, -0.15) is 5.10 Å². The highest BCUT2D eigenvalue weighted by Gasteiger charge is 2.15. The van der Waals surface area contributed by atoms with Gasteiger partial charge in [0.1, 0.15) is 23.9 Å². The van der Waals surface area contributed by atoms with Crippen molar-refractivity contribution in [1.82, 2.24) is 5.43 Å². The Labute approximate surface area is 198 Å². The molecule has 0 spiro atoms. The summed E-state index contributed by atoms with van der Waals surface area (Å²) < 4.78 is 17.1. The van der Waals surface area contributed by atoms with Crippen LogP contribution < -0.4 is 19.6 Å². The maximum Gasteiger partial charge on any atom is 0.280 e. The molecule has 6 nitrogen and oxygen atoms in total. The summed E-state index contributed by atoms with van der Waals surface area (Å²) in [6, 6.07) is 28.8. The molecule has 0 saturated heterocycles. The molecule has 172 valence electrons. The molecule has 0 radical (unpaired) electrons. The third-order valence-electron chi connectivity index (χ3n) is 5.25. The van der Waals surface area contributed by atoms with E-state index in [1.165, 1.54) is 0 Å². The molecular formula is C28H26N2O4. The number of hydrazone groups is 1. The lowest BCUT2D eigenvalue weighted by Gasteiger charge is -2.15. The molecule has 1 atom stereocenters. The van der Waals surface area contributed by atoms with Crippen molar-refractivity contribution in [2.24, 2.45) is 5.10 Å².